The second-order valence-corrected chi connectivity index (χ2v) is 3.81. The van der Waals surface area contributed by atoms with E-state index in [4.69, 9.17) is 9.84 Å². The van der Waals surface area contributed by atoms with Crippen LogP contribution < -0.4 is 0 Å². The Kier molecular flexibility index (Phi) is 5.71. The minimum absolute atomic E-state index is 0.153. The first kappa shape index (κ1) is 12.4. The summed E-state index contributed by atoms with van der Waals surface area (Å²) >= 11 is 0. The van der Waals surface area contributed by atoms with Gasteiger partial charge in [0.2, 0.25) is 0 Å². The monoisotopic (exact) mass is 188 g/mol. The van der Waals surface area contributed by atoms with Crippen molar-refractivity contribution in [1.29, 1.82) is 0 Å². The van der Waals surface area contributed by atoms with Crippen molar-refractivity contribution >= 4 is 5.97 Å². The number of hydrogen-bond acceptors (Lipinski definition) is 2. The van der Waals surface area contributed by atoms with Crippen LogP contribution in [0, 0.1) is 11.8 Å². The van der Waals surface area contributed by atoms with Crippen molar-refractivity contribution in [2.45, 2.75) is 39.7 Å². The minimum Gasteiger partial charge on any atom is -0.481 e. The molecular weight excluding hydrogens is 168 g/mol. The summed E-state index contributed by atoms with van der Waals surface area (Å²) in [7, 11) is 1.65. The molecule has 0 bridgehead atoms. The molecule has 0 saturated heterocycles. The van der Waals surface area contributed by atoms with Gasteiger partial charge in [-0.2, -0.15) is 0 Å². The van der Waals surface area contributed by atoms with Crippen LogP contribution >= 0.6 is 0 Å². The summed E-state index contributed by atoms with van der Waals surface area (Å²) in [5, 5.41) is 8.89. The summed E-state index contributed by atoms with van der Waals surface area (Å²) in [6.07, 6.45) is 1.66. The number of ether oxygens (including phenoxy) is 1. The molecular formula is C10H20O3. The Balaban J connectivity index is 3.90. The van der Waals surface area contributed by atoms with E-state index < -0.39 is 5.97 Å². The maximum Gasteiger partial charge on any atom is 0.306 e. The molecule has 0 heterocycles. The number of aliphatic carboxylic acids is 1. The van der Waals surface area contributed by atoms with E-state index in [1.54, 1.807) is 7.11 Å². The molecule has 2 unspecified atom stereocenters. The largest absolute Gasteiger partial charge is 0.481 e. The molecule has 0 aromatic heterocycles. The van der Waals surface area contributed by atoms with Gasteiger partial charge in [0.25, 0.3) is 0 Å². The van der Waals surface area contributed by atoms with E-state index in [0.29, 0.717) is 6.42 Å². The molecule has 0 spiro atoms. The predicted molar refractivity (Wildman–Crippen MR) is 51.7 cm³/mol. The molecule has 1 N–H and O–H groups in total. The fourth-order valence-electron chi connectivity index (χ4n) is 1.27. The molecule has 0 amide bonds. The van der Waals surface area contributed by atoms with Crippen molar-refractivity contribution in [2.24, 2.45) is 11.8 Å². The van der Waals surface area contributed by atoms with Crippen LogP contribution in [0.3, 0.4) is 0 Å². The van der Waals surface area contributed by atoms with E-state index >= 15 is 0 Å². The Labute approximate surface area is 80.1 Å². The number of hydrogen-bond donors (Lipinski definition) is 1. The first-order chi connectivity index (χ1) is 5.99. The number of carbonyl (C=O) groups is 1. The van der Waals surface area contributed by atoms with Crippen LogP contribution in [0.4, 0.5) is 0 Å². The Hall–Kier alpha value is -0.570. The Bertz CT molecular complexity index is 154. The predicted octanol–water partition coefficient (Wildman–Crippen LogP) is 2.16. The van der Waals surface area contributed by atoms with Crippen molar-refractivity contribution < 1.29 is 14.6 Å². The Morgan fingerprint density at radius 2 is 1.85 bits per heavy atom. The lowest BCUT2D eigenvalue weighted by Gasteiger charge is -2.17. The standard InChI is InChI=1S/C10H20O3/c1-7(2)9(10(11)12)6-5-8(3)13-4/h7-9H,5-6H2,1-4H3,(H,11,12). The SMILES string of the molecule is COC(C)CCC(C(=O)O)C(C)C. The summed E-state index contributed by atoms with van der Waals surface area (Å²) in [4.78, 5) is 10.8. The molecule has 0 fully saturated rings. The van der Waals surface area contributed by atoms with Crippen molar-refractivity contribution in [3.05, 3.63) is 0 Å². The Morgan fingerprint density at radius 1 is 1.31 bits per heavy atom. The third-order valence-electron chi connectivity index (χ3n) is 2.41. The maximum atomic E-state index is 10.8. The van der Waals surface area contributed by atoms with Crippen molar-refractivity contribution in [2.75, 3.05) is 7.11 Å². The summed E-state index contributed by atoms with van der Waals surface area (Å²) < 4.78 is 5.07. The van der Waals surface area contributed by atoms with Crippen LogP contribution in [0.25, 0.3) is 0 Å². The van der Waals surface area contributed by atoms with E-state index in [1.807, 2.05) is 20.8 Å². The average Bonchev–Trinajstić information content (AvgIpc) is 2.03. The van der Waals surface area contributed by atoms with Crippen LogP contribution in [0.1, 0.15) is 33.6 Å². The second-order valence-electron chi connectivity index (χ2n) is 3.81. The van der Waals surface area contributed by atoms with Gasteiger partial charge in [-0.25, -0.2) is 0 Å². The summed E-state index contributed by atoms with van der Waals surface area (Å²) in [6, 6.07) is 0. The quantitative estimate of drug-likeness (QED) is 0.694. The smallest absolute Gasteiger partial charge is 0.306 e. The van der Waals surface area contributed by atoms with Crippen LogP contribution in [0.5, 0.6) is 0 Å². The van der Waals surface area contributed by atoms with Gasteiger partial charge in [0.05, 0.1) is 12.0 Å². The molecule has 0 saturated carbocycles. The third-order valence-corrected chi connectivity index (χ3v) is 2.41. The summed E-state index contributed by atoms with van der Waals surface area (Å²) in [6.45, 7) is 5.84. The van der Waals surface area contributed by atoms with Gasteiger partial charge in [0, 0.05) is 7.11 Å². The highest BCUT2D eigenvalue weighted by Gasteiger charge is 2.21. The second kappa shape index (κ2) is 5.97. The average molecular weight is 188 g/mol. The molecule has 3 heteroatoms. The van der Waals surface area contributed by atoms with E-state index in [2.05, 4.69) is 0 Å². The van der Waals surface area contributed by atoms with Gasteiger partial charge < -0.3 is 9.84 Å². The zero-order valence-electron chi connectivity index (χ0n) is 8.91. The van der Waals surface area contributed by atoms with Crippen molar-refractivity contribution in [3.8, 4) is 0 Å². The van der Waals surface area contributed by atoms with Crippen LogP contribution in [0.2, 0.25) is 0 Å². The normalized spacial score (nSPS) is 15.8. The topological polar surface area (TPSA) is 46.5 Å². The van der Waals surface area contributed by atoms with Gasteiger partial charge in [-0.05, 0) is 25.7 Å². The number of carboxylic acids is 1. The number of methoxy groups -OCH3 is 1. The van der Waals surface area contributed by atoms with Gasteiger partial charge in [0.15, 0.2) is 0 Å². The summed E-state index contributed by atoms with van der Waals surface area (Å²) in [5.41, 5.74) is 0. The zero-order valence-corrected chi connectivity index (χ0v) is 8.91. The lowest BCUT2D eigenvalue weighted by Crippen LogP contribution is -2.21. The molecule has 2 atom stereocenters. The molecule has 13 heavy (non-hydrogen) atoms. The number of carboxylic acid groups (broad SMARTS) is 1. The van der Waals surface area contributed by atoms with Crippen LogP contribution in [0.15, 0.2) is 0 Å². The van der Waals surface area contributed by atoms with Crippen LogP contribution in [-0.4, -0.2) is 24.3 Å². The van der Waals surface area contributed by atoms with Gasteiger partial charge in [-0.15, -0.1) is 0 Å². The van der Waals surface area contributed by atoms with Gasteiger partial charge in [0.1, 0.15) is 0 Å². The maximum absolute atomic E-state index is 10.8. The fraction of sp³-hybridized carbons (Fsp3) is 0.900. The van der Waals surface area contributed by atoms with E-state index in [-0.39, 0.29) is 17.9 Å². The molecule has 0 aliphatic carbocycles. The molecule has 3 nitrogen and oxygen atoms in total. The molecule has 0 aromatic rings. The molecule has 78 valence electrons. The first-order valence-electron chi connectivity index (χ1n) is 4.74. The molecule has 0 rings (SSSR count). The van der Waals surface area contributed by atoms with Crippen LogP contribution in [-0.2, 0) is 9.53 Å². The van der Waals surface area contributed by atoms with E-state index in [0.717, 1.165) is 6.42 Å². The highest BCUT2D eigenvalue weighted by atomic mass is 16.5. The van der Waals surface area contributed by atoms with E-state index in [9.17, 15) is 4.79 Å². The van der Waals surface area contributed by atoms with Gasteiger partial charge in [-0.1, -0.05) is 13.8 Å². The lowest BCUT2D eigenvalue weighted by atomic mass is 9.90. The molecule has 0 aliphatic rings. The highest BCUT2D eigenvalue weighted by molar-refractivity contribution is 5.70. The fourth-order valence-corrected chi connectivity index (χ4v) is 1.27. The first-order valence-corrected chi connectivity index (χ1v) is 4.74. The third kappa shape index (κ3) is 4.88. The molecule has 0 aliphatic heterocycles. The molecule has 0 aromatic carbocycles. The number of rotatable bonds is 6. The zero-order chi connectivity index (χ0) is 10.4. The van der Waals surface area contributed by atoms with Crippen molar-refractivity contribution in [1.82, 2.24) is 0 Å². The van der Waals surface area contributed by atoms with E-state index in [1.165, 1.54) is 0 Å². The highest BCUT2D eigenvalue weighted by Crippen LogP contribution is 2.18. The van der Waals surface area contributed by atoms with Gasteiger partial charge >= 0.3 is 5.97 Å². The van der Waals surface area contributed by atoms with Gasteiger partial charge in [-0.3, -0.25) is 4.79 Å². The molecule has 0 radical (unpaired) electrons. The van der Waals surface area contributed by atoms with Crippen molar-refractivity contribution in [3.63, 3.8) is 0 Å². The Morgan fingerprint density at radius 3 is 2.15 bits per heavy atom. The minimum atomic E-state index is -0.696. The summed E-state index contributed by atoms with van der Waals surface area (Å²) in [5.74, 6) is -0.738. The lowest BCUT2D eigenvalue weighted by molar-refractivity contribution is -0.143.